The highest BCUT2D eigenvalue weighted by atomic mass is 32.1. The lowest BCUT2D eigenvalue weighted by Gasteiger charge is -1.98. The Hall–Kier alpha value is -2.86. The molecule has 0 unspecified atom stereocenters. The number of hydrogen-bond donors (Lipinski definition) is 0. The topological polar surface area (TPSA) is 56.0 Å². The van der Waals surface area contributed by atoms with E-state index in [1.807, 2.05) is 11.4 Å². The van der Waals surface area contributed by atoms with Gasteiger partial charge in [-0.2, -0.15) is 0 Å². The van der Waals surface area contributed by atoms with Gasteiger partial charge >= 0.3 is 0 Å². The van der Waals surface area contributed by atoms with Crippen LogP contribution in [0.5, 0.6) is 0 Å². The molecule has 0 amide bonds. The number of thiophene rings is 1. The average molecular weight is 371 g/mol. The third-order valence-electron chi connectivity index (χ3n) is 5.46. The second-order valence-electron chi connectivity index (χ2n) is 7.38. The molecule has 27 heavy (non-hydrogen) atoms. The number of rotatable bonds is 2. The summed E-state index contributed by atoms with van der Waals surface area (Å²) in [7, 11) is 0. The summed E-state index contributed by atoms with van der Waals surface area (Å²) in [5.74, 6) is 1.86. The Balaban J connectivity index is 1.50. The van der Waals surface area contributed by atoms with Crippen molar-refractivity contribution in [3.8, 4) is 0 Å². The van der Waals surface area contributed by atoms with Gasteiger partial charge in [-0.25, -0.2) is 19.5 Å². The number of nitrogens with zero attached hydrogens (tertiary/aromatic N) is 5. The molecule has 6 heteroatoms. The molecule has 0 radical (unpaired) electrons. The van der Waals surface area contributed by atoms with E-state index in [2.05, 4.69) is 48.3 Å². The SMILES string of the molecule is Cc1cc(C)c2c(n1)sc1c2ncn2nc([C@H]3C[C@@H]3c3ccccc3)nc12. The Bertz CT molecular complexity index is 1330. The molecule has 4 heterocycles. The fourth-order valence-electron chi connectivity index (χ4n) is 4.09. The summed E-state index contributed by atoms with van der Waals surface area (Å²) < 4.78 is 2.90. The third-order valence-corrected chi connectivity index (χ3v) is 6.53. The molecule has 1 aromatic carbocycles. The molecule has 6 rings (SSSR count). The van der Waals surface area contributed by atoms with E-state index >= 15 is 0 Å². The Morgan fingerprint density at radius 3 is 2.78 bits per heavy atom. The van der Waals surface area contributed by atoms with Gasteiger partial charge in [-0.3, -0.25) is 0 Å². The highest BCUT2D eigenvalue weighted by molar-refractivity contribution is 7.26. The van der Waals surface area contributed by atoms with Crippen LogP contribution in [0, 0.1) is 13.8 Å². The van der Waals surface area contributed by atoms with Crippen LogP contribution in [0.15, 0.2) is 42.7 Å². The van der Waals surface area contributed by atoms with Crippen LogP contribution in [0.4, 0.5) is 0 Å². The Morgan fingerprint density at radius 2 is 1.93 bits per heavy atom. The standard InChI is InChI=1S/C21H17N5S/c1-11-8-12(2)23-21-16(11)17-18(27-21)20-24-19(25-26(20)10-22-17)15-9-14(15)13-6-4-3-5-7-13/h3-8,10,14-15H,9H2,1-2H3/t14-,15+/m1/s1. The predicted molar refractivity (Wildman–Crippen MR) is 107 cm³/mol. The number of fused-ring (bicyclic) bond motifs is 5. The molecule has 0 saturated heterocycles. The fraction of sp³-hybridized carbons (Fsp3) is 0.238. The van der Waals surface area contributed by atoms with Gasteiger partial charge in [0.15, 0.2) is 11.5 Å². The molecule has 1 saturated carbocycles. The van der Waals surface area contributed by atoms with Crippen molar-refractivity contribution >= 4 is 37.4 Å². The Kier molecular flexibility index (Phi) is 3.00. The summed E-state index contributed by atoms with van der Waals surface area (Å²) in [5, 5.41) is 5.88. The number of benzene rings is 1. The van der Waals surface area contributed by atoms with E-state index in [0.717, 1.165) is 44.0 Å². The molecular formula is C21H17N5S. The number of aryl methyl sites for hydroxylation is 2. The summed E-state index contributed by atoms with van der Waals surface area (Å²) in [6.07, 6.45) is 2.91. The predicted octanol–water partition coefficient (Wildman–Crippen LogP) is 4.78. The molecule has 5 nitrogen and oxygen atoms in total. The Morgan fingerprint density at radius 1 is 1.07 bits per heavy atom. The molecule has 1 aliphatic carbocycles. The summed E-state index contributed by atoms with van der Waals surface area (Å²) in [4.78, 5) is 15.3. The molecule has 1 fully saturated rings. The summed E-state index contributed by atoms with van der Waals surface area (Å²) >= 11 is 1.67. The largest absolute Gasteiger partial charge is 0.242 e. The number of pyridine rings is 1. The van der Waals surface area contributed by atoms with E-state index in [9.17, 15) is 0 Å². The first-order valence-corrected chi connectivity index (χ1v) is 9.97. The van der Waals surface area contributed by atoms with Gasteiger partial charge in [0.2, 0.25) is 0 Å². The van der Waals surface area contributed by atoms with Gasteiger partial charge in [-0.1, -0.05) is 30.3 Å². The van der Waals surface area contributed by atoms with Gasteiger partial charge in [0.1, 0.15) is 15.9 Å². The first-order chi connectivity index (χ1) is 13.2. The molecule has 4 aromatic heterocycles. The molecule has 132 valence electrons. The monoisotopic (exact) mass is 371 g/mol. The first-order valence-electron chi connectivity index (χ1n) is 9.16. The lowest BCUT2D eigenvalue weighted by Crippen LogP contribution is -1.91. The smallest absolute Gasteiger partial charge is 0.176 e. The van der Waals surface area contributed by atoms with E-state index in [4.69, 9.17) is 15.1 Å². The van der Waals surface area contributed by atoms with Crippen LogP contribution in [0.3, 0.4) is 0 Å². The highest BCUT2D eigenvalue weighted by Crippen LogP contribution is 2.53. The van der Waals surface area contributed by atoms with Gasteiger partial charge in [-0.05, 0) is 43.4 Å². The minimum atomic E-state index is 0.402. The van der Waals surface area contributed by atoms with Crippen LogP contribution < -0.4 is 0 Å². The molecule has 5 aromatic rings. The van der Waals surface area contributed by atoms with Crippen molar-refractivity contribution < 1.29 is 0 Å². The number of hydrogen-bond acceptors (Lipinski definition) is 5. The minimum absolute atomic E-state index is 0.402. The minimum Gasteiger partial charge on any atom is -0.242 e. The highest BCUT2D eigenvalue weighted by Gasteiger charge is 2.42. The van der Waals surface area contributed by atoms with E-state index in [-0.39, 0.29) is 0 Å². The van der Waals surface area contributed by atoms with Crippen molar-refractivity contribution in [1.29, 1.82) is 0 Å². The second-order valence-corrected chi connectivity index (χ2v) is 8.38. The van der Waals surface area contributed by atoms with Gasteiger partial charge in [-0.15, -0.1) is 16.4 Å². The molecule has 1 aliphatic rings. The summed E-state index contributed by atoms with van der Waals surface area (Å²) in [6.45, 7) is 4.16. The molecule has 0 aliphatic heterocycles. The summed E-state index contributed by atoms with van der Waals surface area (Å²) in [6, 6.07) is 12.8. The Labute approximate surface area is 159 Å². The van der Waals surface area contributed by atoms with Crippen molar-refractivity contribution in [2.45, 2.75) is 32.1 Å². The van der Waals surface area contributed by atoms with Crippen molar-refractivity contribution in [3.05, 3.63) is 65.4 Å². The molecule has 0 spiro atoms. The van der Waals surface area contributed by atoms with Crippen LogP contribution >= 0.6 is 11.3 Å². The van der Waals surface area contributed by atoms with Crippen LogP contribution in [-0.4, -0.2) is 24.6 Å². The fourth-order valence-corrected chi connectivity index (χ4v) is 5.32. The van der Waals surface area contributed by atoms with Crippen molar-refractivity contribution in [1.82, 2.24) is 24.6 Å². The van der Waals surface area contributed by atoms with E-state index in [1.165, 1.54) is 11.1 Å². The number of aromatic nitrogens is 5. The van der Waals surface area contributed by atoms with Gasteiger partial charge < -0.3 is 0 Å². The first kappa shape index (κ1) is 15.2. The molecule has 0 bridgehead atoms. The van der Waals surface area contributed by atoms with Crippen LogP contribution in [0.1, 0.15) is 40.9 Å². The zero-order valence-corrected chi connectivity index (χ0v) is 15.9. The van der Waals surface area contributed by atoms with Crippen LogP contribution in [0.2, 0.25) is 0 Å². The van der Waals surface area contributed by atoms with Crippen molar-refractivity contribution in [2.24, 2.45) is 0 Å². The van der Waals surface area contributed by atoms with E-state index in [0.29, 0.717) is 11.8 Å². The maximum Gasteiger partial charge on any atom is 0.176 e. The van der Waals surface area contributed by atoms with Crippen molar-refractivity contribution in [2.75, 3.05) is 0 Å². The van der Waals surface area contributed by atoms with Crippen molar-refractivity contribution in [3.63, 3.8) is 0 Å². The van der Waals surface area contributed by atoms with Gasteiger partial charge in [0, 0.05) is 17.0 Å². The quantitative estimate of drug-likeness (QED) is 0.448. The van der Waals surface area contributed by atoms with E-state index in [1.54, 1.807) is 17.7 Å². The third kappa shape index (κ3) is 2.23. The van der Waals surface area contributed by atoms with Crippen LogP contribution in [0.25, 0.3) is 26.1 Å². The summed E-state index contributed by atoms with van der Waals surface area (Å²) in [5.41, 5.74) is 5.51. The maximum absolute atomic E-state index is 4.92. The van der Waals surface area contributed by atoms with Crippen LogP contribution in [-0.2, 0) is 0 Å². The lowest BCUT2D eigenvalue weighted by atomic mass is 10.1. The maximum atomic E-state index is 4.92. The average Bonchev–Trinajstić information content (AvgIpc) is 3.19. The normalized spacial score (nSPS) is 19.3. The molecular weight excluding hydrogens is 354 g/mol. The zero-order valence-electron chi connectivity index (χ0n) is 15.0. The zero-order chi connectivity index (χ0) is 18.1. The molecule has 2 atom stereocenters. The second kappa shape index (κ2) is 5.33. The lowest BCUT2D eigenvalue weighted by molar-refractivity contribution is 0.850. The van der Waals surface area contributed by atoms with Gasteiger partial charge in [0.25, 0.3) is 0 Å². The van der Waals surface area contributed by atoms with Gasteiger partial charge in [0.05, 0.1) is 5.52 Å². The van der Waals surface area contributed by atoms with E-state index < -0.39 is 0 Å². The molecule has 0 N–H and O–H groups in total.